The van der Waals surface area contributed by atoms with Crippen LogP contribution in [0.5, 0.6) is 0 Å². The predicted molar refractivity (Wildman–Crippen MR) is 72.5 cm³/mol. The van der Waals surface area contributed by atoms with Crippen molar-refractivity contribution < 1.29 is 10.2 Å². The normalized spacial score (nSPS) is 11.1. The monoisotopic (exact) mass is 247 g/mol. The summed E-state index contributed by atoms with van der Waals surface area (Å²) in [7, 11) is 0. The van der Waals surface area contributed by atoms with Crippen LogP contribution in [0.3, 0.4) is 0 Å². The van der Waals surface area contributed by atoms with E-state index in [0.29, 0.717) is 5.69 Å². The van der Waals surface area contributed by atoms with Crippen molar-refractivity contribution >= 4 is 22.1 Å². The first-order chi connectivity index (χ1) is 8.65. The number of aromatic nitrogens is 1. The second-order valence-electron chi connectivity index (χ2n) is 4.28. The SMILES string of the molecule is Cc1cc2c(NC(CO)CO)ccc(N)c2cn1. The van der Waals surface area contributed by atoms with Crippen molar-refractivity contribution in [1.82, 2.24) is 4.98 Å². The summed E-state index contributed by atoms with van der Waals surface area (Å²) >= 11 is 0. The molecule has 5 heteroatoms. The van der Waals surface area contributed by atoms with E-state index < -0.39 is 0 Å². The molecule has 18 heavy (non-hydrogen) atoms. The number of rotatable bonds is 4. The quantitative estimate of drug-likeness (QED) is 0.602. The first kappa shape index (κ1) is 12.6. The minimum Gasteiger partial charge on any atom is -0.398 e. The summed E-state index contributed by atoms with van der Waals surface area (Å²) in [6.07, 6.45) is 1.73. The largest absolute Gasteiger partial charge is 0.398 e. The van der Waals surface area contributed by atoms with Gasteiger partial charge in [0.25, 0.3) is 0 Å². The predicted octanol–water partition coefficient (Wildman–Crippen LogP) is 0.891. The van der Waals surface area contributed by atoms with E-state index >= 15 is 0 Å². The zero-order valence-corrected chi connectivity index (χ0v) is 10.2. The summed E-state index contributed by atoms with van der Waals surface area (Å²) < 4.78 is 0. The molecule has 1 aromatic heterocycles. The number of pyridine rings is 1. The fraction of sp³-hybridized carbons (Fsp3) is 0.308. The van der Waals surface area contributed by atoms with Gasteiger partial charge in [-0.2, -0.15) is 0 Å². The molecule has 0 aliphatic rings. The Labute approximate surface area is 105 Å². The number of benzene rings is 1. The van der Waals surface area contributed by atoms with Crippen LogP contribution >= 0.6 is 0 Å². The average Bonchev–Trinajstić information content (AvgIpc) is 2.38. The lowest BCUT2D eigenvalue weighted by atomic mass is 10.1. The molecule has 0 aliphatic carbocycles. The Morgan fingerprint density at radius 2 is 2.00 bits per heavy atom. The number of aryl methyl sites for hydroxylation is 1. The first-order valence-corrected chi connectivity index (χ1v) is 5.78. The van der Waals surface area contributed by atoms with Gasteiger partial charge in [-0.3, -0.25) is 4.98 Å². The maximum absolute atomic E-state index is 9.11. The van der Waals surface area contributed by atoms with Gasteiger partial charge in [0.15, 0.2) is 0 Å². The minimum atomic E-state index is -0.384. The molecule has 1 aromatic carbocycles. The molecule has 1 heterocycles. The number of aliphatic hydroxyl groups excluding tert-OH is 2. The summed E-state index contributed by atoms with van der Waals surface area (Å²) in [5.41, 5.74) is 8.29. The van der Waals surface area contributed by atoms with Gasteiger partial charge in [-0.25, -0.2) is 0 Å². The van der Waals surface area contributed by atoms with Crippen LogP contribution in [0.25, 0.3) is 10.8 Å². The Morgan fingerprint density at radius 3 is 2.67 bits per heavy atom. The molecule has 0 aliphatic heterocycles. The van der Waals surface area contributed by atoms with Gasteiger partial charge in [0, 0.05) is 34.0 Å². The molecular formula is C13H17N3O2. The molecule has 0 spiro atoms. The molecule has 0 atom stereocenters. The number of nitrogens with two attached hydrogens (primary N) is 1. The lowest BCUT2D eigenvalue weighted by molar-refractivity contribution is 0.204. The molecule has 0 saturated carbocycles. The Hall–Kier alpha value is -1.85. The van der Waals surface area contributed by atoms with Gasteiger partial charge < -0.3 is 21.3 Å². The third-order valence-electron chi connectivity index (χ3n) is 2.87. The van der Waals surface area contributed by atoms with Crippen LogP contribution in [-0.2, 0) is 0 Å². The van der Waals surface area contributed by atoms with E-state index in [9.17, 15) is 0 Å². The Balaban J connectivity index is 2.50. The Kier molecular flexibility index (Phi) is 3.64. The number of fused-ring (bicyclic) bond motifs is 1. The summed E-state index contributed by atoms with van der Waals surface area (Å²) in [6.45, 7) is 1.64. The zero-order valence-electron chi connectivity index (χ0n) is 10.2. The zero-order chi connectivity index (χ0) is 13.1. The van der Waals surface area contributed by atoms with Crippen LogP contribution in [0.4, 0.5) is 11.4 Å². The van der Waals surface area contributed by atoms with Gasteiger partial charge in [-0.15, -0.1) is 0 Å². The molecular weight excluding hydrogens is 230 g/mol. The summed E-state index contributed by atoms with van der Waals surface area (Å²) in [5, 5.41) is 23.1. The first-order valence-electron chi connectivity index (χ1n) is 5.78. The maximum Gasteiger partial charge on any atom is 0.0723 e. The fourth-order valence-electron chi connectivity index (χ4n) is 1.86. The van der Waals surface area contributed by atoms with Crippen molar-refractivity contribution in [2.75, 3.05) is 24.3 Å². The van der Waals surface area contributed by atoms with Crippen molar-refractivity contribution in [2.45, 2.75) is 13.0 Å². The van der Waals surface area contributed by atoms with Crippen LogP contribution in [0.15, 0.2) is 24.4 Å². The number of nitrogens with one attached hydrogen (secondary N) is 1. The molecule has 0 saturated heterocycles. The third-order valence-corrected chi connectivity index (χ3v) is 2.87. The van der Waals surface area contributed by atoms with E-state index in [-0.39, 0.29) is 19.3 Å². The van der Waals surface area contributed by atoms with Crippen LogP contribution < -0.4 is 11.1 Å². The summed E-state index contributed by atoms with van der Waals surface area (Å²) in [4.78, 5) is 4.22. The Morgan fingerprint density at radius 1 is 1.28 bits per heavy atom. The molecule has 96 valence electrons. The number of anilines is 2. The van der Waals surface area contributed by atoms with Gasteiger partial charge in [-0.05, 0) is 25.1 Å². The van der Waals surface area contributed by atoms with E-state index in [2.05, 4.69) is 10.3 Å². The van der Waals surface area contributed by atoms with Gasteiger partial charge >= 0.3 is 0 Å². The second kappa shape index (κ2) is 5.20. The molecule has 0 unspecified atom stereocenters. The van der Waals surface area contributed by atoms with Gasteiger partial charge in [0.2, 0.25) is 0 Å². The molecule has 2 aromatic rings. The van der Waals surface area contributed by atoms with Crippen molar-refractivity contribution in [3.8, 4) is 0 Å². The van der Waals surface area contributed by atoms with Crippen LogP contribution in [0.2, 0.25) is 0 Å². The fourth-order valence-corrected chi connectivity index (χ4v) is 1.86. The van der Waals surface area contributed by atoms with E-state index in [1.165, 1.54) is 0 Å². The van der Waals surface area contributed by atoms with Crippen molar-refractivity contribution in [3.05, 3.63) is 30.1 Å². The topological polar surface area (TPSA) is 91.4 Å². The Bertz CT molecular complexity index is 553. The highest BCUT2D eigenvalue weighted by Crippen LogP contribution is 2.28. The highest BCUT2D eigenvalue weighted by atomic mass is 16.3. The van der Waals surface area contributed by atoms with Gasteiger partial charge in [0.1, 0.15) is 0 Å². The lowest BCUT2D eigenvalue weighted by Gasteiger charge is -2.17. The van der Waals surface area contributed by atoms with E-state index in [0.717, 1.165) is 22.2 Å². The highest BCUT2D eigenvalue weighted by molar-refractivity contribution is 6.00. The van der Waals surface area contributed by atoms with Gasteiger partial charge in [-0.1, -0.05) is 0 Å². The van der Waals surface area contributed by atoms with Crippen molar-refractivity contribution in [1.29, 1.82) is 0 Å². The van der Waals surface area contributed by atoms with Crippen molar-refractivity contribution in [3.63, 3.8) is 0 Å². The standard InChI is InChI=1S/C13H17N3O2/c1-8-4-10-11(5-15-8)12(14)2-3-13(10)16-9(6-17)7-18/h2-5,9,16-18H,6-7,14H2,1H3. The molecule has 0 bridgehead atoms. The van der Waals surface area contributed by atoms with Crippen LogP contribution in [-0.4, -0.2) is 34.5 Å². The van der Waals surface area contributed by atoms with E-state index in [1.54, 1.807) is 12.3 Å². The van der Waals surface area contributed by atoms with E-state index in [1.807, 2.05) is 19.1 Å². The summed E-state index contributed by atoms with van der Waals surface area (Å²) in [5.74, 6) is 0. The van der Waals surface area contributed by atoms with Crippen LogP contribution in [0, 0.1) is 6.92 Å². The lowest BCUT2D eigenvalue weighted by Crippen LogP contribution is -2.27. The summed E-state index contributed by atoms with van der Waals surface area (Å²) in [6, 6.07) is 5.17. The highest BCUT2D eigenvalue weighted by Gasteiger charge is 2.09. The molecule has 2 rings (SSSR count). The van der Waals surface area contributed by atoms with E-state index in [4.69, 9.17) is 15.9 Å². The van der Waals surface area contributed by atoms with Crippen molar-refractivity contribution in [2.24, 2.45) is 0 Å². The number of hydrogen-bond acceptors (Lipinski definition) is 5. The van der Waals surface area contributed by atoms with Gasteiger partial charge in [0.05, 0.1) is 19.3 Å². The smallest absolute Gasteiger partial charge is 0.0723 e. The molecule has 5 nitrogen and oxygen atoms in total. The number of nitrogen functional groups attached to an aromatic ring is 1. The maximum atomic E-state index is 9.11. The molecule has 0 fully saturated rings. The number of nitrogens with zero attached hydrogens (tertiary/aromatic N) is 1. The average molecular weight is 247 g/mol. The molecule has 0 radical (unpaired) electrons. The molecule has 5 N–H and O–H groups in total. The third kappa shape index (κ3) is 2.37. The second-order valence-corrected chi connectivity index (χ2v) is 4.28. The van der Waals surface area contributed by atoms with Crippen LogP contribution in [0.1, 0.15) is 5.69 Å². The number of hydrogen-bond donors (Lipinski definition) is 4. The minimum absolute atomic E-state index is 0.133. The number of aliphatic hydroxyl groups is 2. The molecule has 0 amide bonds.